The van der Waals surface area contributed by atoms with Gasteiger partial charge in [-0.1, -0.05) is 29.8 Å². The van der Waals surface area contributed by atoms with Gasteiger partial charge >= 0.3 is 0 Å². The van der Waals surface area contributed by atoms with E-state index in [4.69, 9.17) is 4.74 Å². The van der Waals surface area contributed by atoms with Crippen LogP contribution in [0, 0.1) is 6.92 Å². The second kappa shape index (κ2) is 8.25. The summed E-state index contributed by atoms with van der Waals surface area (Å²) in [7, 11) is 1.85. The van der Waals surface area contributed by atoms with E-state index in [1.807, 2.05) is 13.1 Å². The fourth-order valence-corrected chi connectivity index (χ4v) is 2.27. The number of halogens is 1. The molecular formula is C15H23ClN2O2. The van der Waals surface area contributed by atoms with Gasteiger partial charge in [0.1, 0.15) is 0 Å². The summed E-state index contributed by atoms with van der Waals surface area (Å²) in [4.78, 5) is 13.9. The maximum absolute atomic E-state index is 12.1. The molecule has 1 aromatic carbocycles. The number of nitrogens with zero attached hydrogens (tertiary/aromatic N) is 1. The van der Waals surface area contributed by atoms with Gasteiger partial charge < -0.3 is 15.0 Å². The third kappa shape index (κ3) is 5.12. The smallest absolute Gasteiger partial charge is 0.225 e. The lowest BCUT2D eigenvalue weighted by Crippen LogP contribution is -2.41. The van der Waals surface area contributed by atoms with Gasteiger partial charge in [-0.05, 0) is 12.5 Å². The summed E-state index contributed by atoms with van der Waals surface area (Å²) in [5.41, 5.74) is 2.39. The monoisotopic (exact) mass is 298 g/mol. The molecule has 1 heterocycles. The van der Waals surface area contributed by atoms with Crippen LogP contribution in [0.25, 0.3) is 0 Å². The molecule has 0 aliphatic carbocycles. The molecule has 0 radical (unpaired) electrons. The van der Waals surface area contributed by atoms with Gasteiger partial charge in [0.25, 0.3) is 0 Å². The molecule has 1 saturated heterocycles. The summed E-state index contributed by atoms with van der Waals surface area (Å²) in [6.45, 7) is 5.06. The van der Waals surface area contributed by atoms with Crippen molar-refractivity contribution in [3.8, 4) is 0 Å². The molecule has 1 unspecified atom stereocenters. The molecule has 0 bridgehead atoms. The Bertz CT molecular complexity index is 434. The van der Waals surface area contributed by atoms with Crippen molar-refractivity contribution in [2.45, 2.75) is 26.0 Å². The average molecular weight is 299 g/mol. The van der Waals surface area contributed by atoms with E-state index in [2.05, 4.69) is 30.4 Å². The lowest BCUT2D eigenvalue weighted by Gasteiger charge is -2.25. The predicted octanol–water partition coefficient (Wildman–Crippen LogP) is 1.75. The summed E-state index contributed by atoms with van der Waals surface area (Å²) in [6, 6.07) is 8.25. The van der Waals surface area contributed by atoms with Crippen LogP contribution in [0.15, 0.2) is 24.3 Å². The molecule has 20 heavy (non-hydrogen) atoms. The Labute approximate surface area is 126 Å². The fraction of sp³-hybridized carbons (Fsp3) is 0.533. The second-order valence-electron chi connectivity index (χ2n) is 5.14. The van der Waals surface area contributed by atoms with Gasteiger partial charge in [0.05, 0.1) is 19.1 Å². The highest BCUT2D eigenvalue weighted by Crippen LogP contribution is 2.09. The maximum Gasteiger partial charge on any atom is 0.225 e. The number of nitrogens with one attached hydrogen (secondary N) is 1. The van der Waals surface area contributed by atoms with Crippen molar-refractivity contribution in [2.75, 3.05) is 26.7 Å². The van der Waals surface area contributed by atoms with Gasteiger partial charge in [-0.2, -0.15) is 0 Å². The molecule has 2 rings (SSSR count). The number of rotatable bonds is 4. The third-order valence-corrected chi connectivity index (χ3v) is 3.33. The number of carbonyl (C=O) groups excluding carboxylic acids is 1. The number of carbonyl (C=O) groups is 1. The number of amides is 1. The summed E-state index contributed by atoms with van der Waals surface area (Å²) in [6.07, 6.45) is 0.469. The minimum Gasteiger partial charge on any atom is -0.375 e. The number of hydrogen-bond acceptors (Lipinski definition) is 3. The number of benzene rings is 1. The molecule has 0 aromatic heterocycles. The largest absolute Gasteiger partial charge is 0.375 e. The molecule has 1 aromatic rings. The molecule has 1 atom stereocenters. The molecule has 0 spiro atoms. The lowest BCUT2D eigenvalue weighted by atomic mass is 10.1. The van der Waals surface area contributed by atoms with Crippen LogP contribution < -0.4 is 5.32 Å². The van der Waals surface area contributed by atoms with E-state index in [0.29, 0.717) is 19.6 Å². The first-order valence-electron chi connectivity index (χ1n) is 6.77. The van der Waals surface area contributed by atoms with Crippen molar-refractivity contribution in [3.05, 3.63) is 35.4 Å². The summed E-state index contributed by atoms with van der Waals surface area (Å²) < 4.78 is 5.56. The molecule has 1 fully saturated rings. The first kappa shape index (κ1) is 17.0. The van der Waals surface area contributed by atoms with E-state index >= 15 is 0 Å². The maximum atomic E-state index is 12.1. The zero-order valence-electron chi connectivity index (χ0n) is 12.1. The SMILES string of the molecule is Cc1cccc(CN(C)C(=O)CC2CNCCO2)c1.Cl. The minimum atomic E-state index is 0. The highest BCUT2D eigenvalue weighted by Gasteiger charge is 2.19. The highest BCUT2D eigenvalue weighted by molar-refractivity contribution is 5.85. The molecular weight excluding hydrogens is 276 g/mol. The summed E-state index contributed by atoms with van der Waals surface area (Å²) in [5, 5.41) is 3.24. The zero-order chi connectivity index (χ0) is 13.7. The Kier molecular flexibility index (Phi) is 6.99. The van der Waals surface area contributed by atoms with Crippen LogP contribution in [0.1, 0.15) is 17.5 Å². The van der Waals surface area contributed by atoms with Crippen molar-refractivity contribution in [2.24, 2.45) is 0 Å². The van der Waals surface area contributed by atoms with Gasteiger partial charge in [0, 0.05) is 26.7 Å². The Morgan fingerprint density at radius 2 is 2.30 bits per heavy atom. The van der Waals surface area contributed by atoms with Crippen molar-refractivity contribution >= 4 is 18.3 Å². The molecule has 1 amide bonds. The van der Waals surface area contributed by atoms with E-state index in [0.717, 1.165) is 13.1 Å². The second-order valence-corrected chi connectivity index (χ2v) is 5.14. The Morgan fingerprint density at radius 3 is 2.95 bits per heavy atom. The minimum absolute atomic E-state index is 0. The summed E-state index contributed by atoms with van der Waals surface area (Å²) >= 11 is 0. The fourth-order valence-electron chi connectivity index (χ4n) is 2.27. The van der Waals surface area contributed by atoms with Crippen LogP contribution in [-0.4, -0.2) is 43.7 Å². The predicted molar refractivity (Wildman–Crippen MR) is 82.1 cm³/mol. The topological polar surface area (TPSA) is 41.6 Å². The molecule has 1 N–H and O–H groups in total. The summed E-state index contributed by atoms with van der Waals surface area (Å²) in [5.74, 6) is 0.134. The molecule has 112 valence electrons. The number of morpholine rings is 1. The molecule has 0 saturated carbocycles. The third-order valence-electron chi connectivity index (χ3n) is 3.33. The standard InChI is InChI=1S/C15H22N2O2.ClH/c1-12-4-3-5-13(8-12)11-17(2)15(18)9-14-10-16-6-7-19-14;/h3-5,8,14,16H,6-7,9-11H2,1-2H3;1H. The van der Waals surface area contributed by atoms with Gasteiger partial charge in [0.15, 0.2) is 0 Å². The van der Waals surface area contributed by atoms with Crippen molar-refractivity contribution in [1.82, 2.24) is 10.2 Å². The first-order valence-corrected chi connectivity index (χ1v) is 6.77. The Hall–Kier alpha value is -1.10. The normalized spacial score (nSPS) is 18.2. The zero-order valence-corrected chi connectivity index (χ0v) is 12.9. The van der Waals surface area contributed by atoms with E-state index < -0.39 is 0 Å². The lowest BCUT2D eigenvalue weighted by molar-refractivity contribution is -0.133. The van der Waals surface area contributed by atoms with Gasteiger partial charge in [-0.15, -0.1) is 12.4 Å². The van der Waals surface area contributed by atoms with Crippen molar-refractivity contribution in [3.63, 3.8) is 0 Å². The number of hydrogen-bond donors (Lipinski definition) is 1. The van der Waals surface area contributed by atoms with Crippen LogP contribution in [0.2, 0.25) is 0 Å². The van der Waals surface area contributed by atoms with E-state index in [1.54, 1.807) is 4.90 Å². The van der Waals surface area contributed by atoms with Gasteiger partial charge in [-0.3, -0.25) is 4.79 Å². The van der Waals surface area contributed by atoms with Gasteiger partial charge in [0.2, 0.25) is 5.91 Å². The van der Waals surface area contributed by atoms with E-state index in [1.165, 1.54) is 11.1 Å². The van der Waals surface area contributed by atoms with Crippen LogP contribution in [0.5, 0.6) is 0 Å². The average Bonchev–Trinajstić information content (AvgIpc) is 2.40. The van der Waals surface area contributed by atoms with Crippen molar-refractivity contribution < 1.29 is 9.53 Å². The van der Waals surface area contributed by atoms with Crippen LogP contribution in [-0.2, 0) is 16.1 Å². The molecule has 1 aliphatic rings. The number of aryl methyl sites for hydroxylation is 1. The van der Waals surface area contributed by atoms with Crippen LogP contribution in [0.3, 0.4) is 0 Å². The Balaban J connectivity index is 0.00000200. The van der Waals surface area contributed by atoms with E-state index in [-0.39, 0.29) is 24.4 Å². The molecule has 5 heteroatoms. The number of ether oxygens (including phenoxy) is 1. The van der Waals surface area contributed by atoms with Crippen LogP contribution in [0.4, 0.5) is 0 Å². The van der Waals surface area contributed by atoms with E-state index in [9.17, 15) is 4.79 Å². The molecule has 4 nitrogen and oxygen atoms in total. The quantitative estimate of drug-likeness (QED) is 0.921. The van der Waals surface area contributed by atoms with Gasteiger partial charge in [-0.25, -0.2) is 0 Å². The first-order chi connectivity index (χ1) is 9.15. The van der Waals surface area contributed by atoms with Crippen molar-refractivity contribution in [1.29, 1.82) is 0 Å². The molecule has 1 aliphatic heterocycles. The van der Waals surface area contributed by atoms with Crippen LogP contribution >= 0.6 is 12.4 Å². The highest BCUT2D eigenvalue weighted by atomic mass is 35.5. The Morgan fingerprint density at radius 1 is 1.50 bits per heavy atom.